The SMILES string of the molecule is O=S(=O)(O)C1(c2cccnc2)C=CCC=C1. The summed E-state index contributed by atoms with van der Waals surface area (Å²) in [7, 11) is -4.25. The Kier molecular flexibility index (Phi) is 2.65. The smallest absolute Gasteiger partial charge is 0.282 e. The molecule has 1 aliphatic carbocycles. The van der Waals surface area contributed by atoms with E-state index in [9.17, 15) is 13.0 Å². The fourth-order valence-corrected chi connectivity index (χ4v) is 2.68. The van der Waals surface area contributed by atoms with Gasteiger partial charge in [-0.05, 0) is 12.5 Å². The molecule has 0 bridgehead atoms. The summed E-state index contributed by atoms with van der Waals surface area (Å²) < 4.78 is 31.0. The minimum atomic E-state index is -4.25. The predicted octanol–water partition coefficient (Wildman–Crippen LogP) is 1.68. The highest BCUT2D eigenvalue weighted by molar-refractivity contribution is 7.87. The zero-order valence-corrected chi connectivity index (χ0v) is 9.26. The van der Waals surface area contributed by atoms with E-state index in [4.69, 9.17) is 0 Å². The fourth-order valence-electron chi connectivity index (χ4n) is 1.73. The van der Waals surface area contributed by atoms with Crippen LogP contribution in [-0.2, 0) is 14.9 Å². The summed E-state index contributed by atoms with van der Waals surface area (Å²) in [4.78, 5) is 3.88. The molecule has 0 unspecified atom stereocenters. The van der Waals surface area contributed by atoms with Crippen molar-refractivity contribution in [3.8, 4) is 0 Å². The van der Waals surface area contributed by atoms with E-state index >= 15 is 0 Å². The van der Waals surface area contributed by atoms with E-state index in [1.54, 1.807) is 30.5 Å². The Labute approximate surface area is 94.1 Å². The quantitative estimate of drug-likeness (QED) is 0.627. The second-order valence-electron chi connectivity index (χ2n) is 3.55. The lowest BCUT2D eigenvalue weighted by Gasteiger charge is -2.25. The number of nitrogens with zero attached hydrogens (tertiary/aromatic N) is 1. The van der Waals surface area contributed by atoms with Gasteiger partial charge in [0.05, 0.1) is 0 Å². The molecule has 0 radical (unpaired) electrons. The van der Waals surface area contributed by atoms with Crippen LogP contribution < -0.4 is 0 Å². The van der Waals surface area contributed by atoms with Crippen LogP contribution >= 0.6 is 0 Å². The third-order valence-electron chi connectivity index (χ3n) is 2.54. The second kappa shape index (κ2) is 3.84. The van der Waals surface area contributed by atoms with Gasteiger partial charge in [-0.1, -0.05) is 30.4 Å². The highest BCUT2D eigenvalue weighted by atomic mass is 32.2. The summed E-state index contributed by atoms with van der Waals surface area (Å²) in [6.45, 7) is 0. The molecule has 1 aromatic heterocycles. The predicted molar refractivity (Wildman–Crippen MR) is 60.4 cm³/mol. The summed E-state index contributed by atoms with van der Waals surface area (Å²) in [5, 5.41) is 0. The van der Waals surface area contributed by atoms with Crippen LogP contribution in [0.25, 0.3) is 0 Å². The van der Waals surface area contributed by atoms with Gasteiger partial charge in [0, 0.05) is 18.0 Å². The molecule has 0 amide bonds. The lowest BCUT2D eigenvalue weighted by Crippen LogP contribution is -2.32. The van der Waals surface area contributed by atoms with Crippen LogP contribution in [0.5, 0.6) is 0 Å². The number of hydrogen-bond donors (Lipinski definition) is 1. The Morgan fingerprint density at radius 3 is 2.50 bits per heavy atom. The molecular weight excluding hydrogens is 226 g/mol. The van der Waals surface area contributed by atoms with E-state index in [1.165, 1.54) is 18.3 Å². The molecule has 16 heavy (non-hydrogen) atoms. The zero-order chi connectivity index (χ0) is 11.6. The molecular formula is C11H11NO3S. The molecule has 1 aromatic rings. The second-order valence-corrected chi connectivity index (χ2v) is 5.18. The molecule has 0 saturated carbocycles. The highest BCUT2D eigenvalue weighted by Gasteiger charge is 2.40. The molecule has 1 heterocycles. The Bertz CT molecular complexity index is 520. The average molecular weight is 237 g/mol. The maximum atomic E-state index is 11.5. The van der Waals surface area contributed by atoms with E-state index in [1.807, 2.05) is 0 Å². The number of rotatable bonds is 2. The summed E-state index contributed by atoms with van der Waals surface area (Å²) in [5.41, 5.74) is 0.435. The number of hydrogen-bond acceptors (Lipinski definition) is 3. The number of allylic oxidation sites excluding steroid dienone is 2. The molecule has 0 fully saturated rings. The molecule has 84 valence electrons. The van der Waals surface area contributed by atoms with Gasteiger partial charge < -0.3 is 0 Å². The van der Waals surface area contributed by atoms with Gasteiger partial charge >= 0.3 is 0 Å². The van der Waals surface area contributed by atoms with E-state index in [-0.39, 0.29) is 0 Å². The average Bonchev–Trinajstić information content (AvgIpc) is 2.30. The largest absolute Gasteiger partial charge is 0.284 e. The minimum Gasteiger partial charge on any atom is -0.284 e. The Hall–Kier alpha value is -1.46. The van der Waals surface area contributed by atoms with Crippen molar-refractivity contribution in [3.63, 3.8) is 0 Å². The first-order chi connectivity index (χ1) is 7.56. The first kappa shape index (κ1) is 11.0. The summed E-state index contributed by atoms with van der Waals surface area (Å²) in [6.07, 6.45) is 10.0. The first-order valence-electron chi connectivity index (χ1n) is 4.79. The third kappa shape index (κ3) is 1.68. The Morgan fingerprint density at radius 2 is 2.00 bits per heavy atom. The number of aromatic nitrogens is 1. The maximum Gasteiger partial charge on any atom is 0.282 e. The maximum absolute atomic E-state index is 11.5. The van der Waals surface area contributed by atoms with Gasteiger partial charge in [0.2, 0.25) is 0 Å². The van der Waals surface area contributed by atoms with Crippen LogP contribution in [0.4, 0.5) is 0 Å². The molecule has 1 N–H and O–H groups in total. The van der Waals surface area contributed by atoms with E-state index in [0.29, 0.717) is 12.0 Å². The van der Waals surface area contributed by atoms with Gasteiger partial charge in [-0.15, -0.1) is 0 Å². The molecule has 5 heteroatoms. The molecule has 0 aromatic carbocycles. The van der Waals surface area contributed by atoms with Crippen molar-refractivity contribution in [1.29, 1.82) is 0 Å². The summed E-state index contributed by atoms with van der Waals surface area (Å²) in [6, 6.07) is 3.26. The molecule has 4 nitrogen and oxygen atoms in total. The highest BCUT2D eigenvalue weighted by Crippen LogP contribution is 2.34. The molecule has 1 aliphatic rings. The topological polar surface area (TPSA) is 67.3 Å². The van der Waals surface area contributed by atoms with Crippen molar-refractivity contribution >= 4 is 10.1 Å². The van der Waals surface area contributed by atoms with Crippen molar-refractivity contribution in [1.82, 2.24) is 4.98 Å². The normalized spacial score (nSPS) is 18.6. The standard InChI is InChI=1S/C11H11NO3S/c13-16(14,15)11(6-2-1-3-7-11)10-5-4-8-12-9-10/h2-9H,1H2,(H,13,14,15). The Morgan fingerprint density at radius 1 is 1.31 bits per heavy atom. The van der Waals surface area contributed by atoms with Gasteiger partial charge in [0.1, 0.15) is 0 Å². The lowest BCUT2D eigenvalue weighted by molar-refractivity contribution is 0.463. The van der Waals surface area contributed by atoms with Gasteiger partial charge in [-0.2, -0.15) is 8.42 Å². The molecule has 0 saturated heterocycles. The van der Waals surface area contributed by atoms with Gasteiger partial charge in [-0.25, -0.2) is 0 Å². The first-order valence-corrected chi connectivity index (χ1v) is 6.23. The molecule has 2 rings (SSSR count). The van der Waals surface area contributed by atoms with Crippen LogP contribution in [0.1, 0.15) is 12.0 Å². The Balaban J connectivity index is 2.66. The van der Waals surface area contributed by atoms with Gasteiger partial charge in [0.15, 0.2) is 4.75 Å². The van der Waals surface area contributed by atoms with E-state index in [0.717, 1.165) is 0 Å². The van der Waals surface area contributed by atoms with E-state index < -0.39 is 14.9 Å². The summed E-state index contributed by atoms with van der Waals surface area (Å²) >= 11 is 0. The van der Waals surface area contributed by atoms with Crippen molar-refractivity contribution < 1.29 is 13.0 Å². The van der Waals surface area contributed by atoms with Gasteiger partial charge in [-0.3, -0.25) is 9.54 Å². The molecule has 0 aliphatic heterocycles. The number of pyridine rings is 1. The van der Waals surface area contributed by atoms with E-state index in [2.05, 4.69) is 4.98 Å². The van der Waals surface area contributed by atoms with Crippen LogP contribution in [0.15, 0.2) is 48.8 Å². The van der Waals surface area contributed by atoms with Crippen LogP contribution in [0, 0.1) is 0 Å². The zero-order valence-electron chi connectivity index (χ0n) is 8.45. The van der Waals surface area contributed by atoms with Crippen LogP contribution in [0.3, 0.4) is 0 Å². The lowest BCUT2D eigenvalue weighted by atomic mass is 9.95. The van der Waals surface area contributed by atoms with Crippen molar-refractivity contribution in [2.75, 3.05) is 0 Å². The molecule has 0 atom stereocenters. The van der Waals surface area contributed by atoms with Crippen LogP contribution in [-0.4, -0.2) is 18.0 Å². The fraction of sp³-hybridized carbons (Fsp3) is 0.182. The monoisotopic (exact) mass is 237 g/mol. The minimum absolute atomic E-state index is 0.435. The third-order valence-corrected chi connectivity index (χ3v) is 3.90. The summed E-state index contributed by atoms with van der Waals surface area (Å²) in [5.74, 6) is 0. The van der Waals surface area contributed by atoms with Crippen molar-refractivity contribution in [2.24, 2.45) is 0 Å². The molecule has 0 spiro atoms. The van der Waals surface area contributed by atoms with Crippen molar-refractivity contribution in [2.45, 2.75) is 11.2 Å². The van der Waals surface area contributed by atoms with Crippen molar-refractivity contribution in [3.05, 3.63) is 54.4 Å². The van der Waals surface area contributed by atoms with Gasteiger partial charge in [0.25, 0.3) is 10.1 Å². The van der Waals surface area contributed by atoms with Crippen LogP contribution in [0.2, 0.25) is 0 Å².